The van der Waals surface area contributed by atoms with Gasteiger partial charge in [0.1, 0.15) is 12.1 Å². The largest absolute Gasteiger partial charge is 0.447 e. The molecule has 7 heteroatoms. The molecule has 4 aromatic rings. The number of hydrogen-bond acceptors (Lipinski definition) is 5. The van der Waals surface area contributed by atoms with Gasteiger partial charge in [0.2, 0.25) is 12.0 Å². The van der Waals surface area contributed by atoms with Gasteiger partial charge >= 0.3 is 6.01 Å². The van der Waals surface area contributed by atoms with Crippen LogP contribution < -0.4 is 9.64 Å². The highest BCUT2D eigenvalue weighted by Crippen LogP contribution is 2.52. The topological polar surface area (TPSA) is 75.6 Å². The van der Waals surface area contributed by atoms with Crippen LogP contribution >= 0.6 is 0 Å². The van der Waals surface area contributed by atoms with Crippen LogP contribution in [0.2, 0.25) is 0 Å². The number of ether oxygens (including phenoxy) is 1. The molecule has 0 saturated carbocycles. The Kier molecular flexibility index (Phi) is 5.91. The summed E-state index contributed by atoms with van der Waals surface area (Å²) < 4.78 is 6.32. The van der Waals surface area contributed by atoms with E-state index in [1.165, 1.54) is 0 Å². The number of rotatable bonds is 6. The van der Waals surface area contributed by atoms with E-state index >= 15 is 0 Å². The van der Waals surface area contributed by atoms with Crippen molar-refractivity contribution in [2.45, 2.75) is 31.9 Å². The number of nitrogens with zero attached hydrogens (tertiary/aromatic N) is 4. The third-order valence-electron chi connectivity index (χ3n) is 7.36. The van der Waals surface area contributed by atoms with Gasteiger partial charge in [-0.05, 0) is 43.5 Å². The van der Waals surface area contributed by atoms with E-state index in [1.54, 1.807) is 4.90 Å². The number of carbonyl (C=O) groups is 2. The van der Waals surface area contributed by atoms with Crippen LogP contribution in [-0.2, 0) is 21.5 Å². The lowest BCUT2D eigenvalue weighted by Crippen LogP contribution is -2.74. The third kappa shape index (κ3) is 3.82. The maximum absolute atomic E-state index is 13.7. The van der Waals surface area contributed by atoms with Crippen molar-refractivity contribution in [3.63, 3.8) is 0 Å². The zero-order chi connectivity index (χ0) is 26.3. The summed E-state index contributed by atoms with van der Waals surface area (Å²) in [6.07, 6.45) is -0.224. The first-order chi connectivity index (χ1) is 18.5. The van der Waals surface area contributed by atoms with Crippen LogP contribution in [-0.4, -0.2) is 45.9 Å². The van der Waals surface area contributed by atoms with Crippen LogP contribution in [0.15, 0.2) is 91.0 Å². The Hall–Kier alpha value is -4.52. The van der Waals surface area contributed by atoms with Crippen molar-refractivity contribution in [2.24, 2.45) is 0 Å². The van der Waals surface area contributed by atoms with E-state index in [1.807, 2.05) is 97.6 Å². The summed E-state index contributed by atoms with van der Waals surface area (Å²) >= 11 is 0. The summed E-state index contributed by atoms with van der Waals surface area (Å²) in [5, 5.41) is 0. The minimum atomic E-state index is -1.01. The van der Waals surface area contributed by atoms with Gasteiger partial charge in [-0.3, -0.25) is 9.59 Å². The van der Waals surface area contributed by atoms with Crippen molar-refractivity contribution >= 4 is 17.5 Å². The summed E-state index contributed by atoms with van der Waals surface area (Å²) in [5.74, 6) is -0.384. The maximum Gasteiger partial charge on any atom is 0.317 e. The fourth-order valence-corrected chi connectivity index (χ4v) is 5.72. The molecule has 3 heterocycles. The number of hydrogen-bond donors (Lipinski definition) is 0. The van der Waals surface area contributed by atoms with Crippen molar-refractivity contribution < 1.29 is 14.3 Å². The molecule has 7 nitrogen and oxygen atoms in total. The van der Waals surface area contributed by atoms with E-state index in [-0.39, 0.29) is 24.4 Å². The smallest absolute Gasteiger partial charge is 0.317 e. The normalized spacial score (nSPS) is 20.3. The summed E-state index contributed by atoms with van der Waals surface area (Å²) in [6.45, 7) is 4.19. The van der Waals surface area contributed by atoms with E-state index in [9.17, 15) is 9.59 Å². The highest BCUT2D eigenvalue weighted by molar-refractivity contribution is 6.04. The number of para-hydroxylation sites is 1. The Labute approximate surface area is 221 Å². The first-order valence-electron chi connectivity index (χ1n) is 12.8. The fraction of sp³-hybridized carbons (Fsp3) is 0.226. The number of carbonyl (C=O) groups excluding carboxylic acids is 2. The van der Waals surface area contributed by atoms with Crippen molar-refractivity contribution in [1.29, 1.82) is 0 Å². The molecule has 1 aromatic heterocycles. The van der Waals surface area contributed by atoms with E-state index in [0.29, 0.717) is 13.0 Å². The Morgan fingerprint density at radius 2 is 1.50 bits per heavy atom. The molecular weight excluding hydrogens is 476 g/mol. The van der Waals surface area contributed by atoms with Gasteiger partial charge in [0.15, 0.2) is 0 Å². The van der Waals surface area contributed by atoms with Crippen LogP contribution in [0.25, 0.3) is 0 Å². The summed E-state index contributed by atoms with van der Waals surface area (Å²) in [6, 6.07) is 29.7. The summed E-state index contributed by atoms with van der Waals surface area (Å²) in [7, 11) is 0. The second-order valence-electron chi connectivity index (χ2n) is 9.79. The molecule has 0 aliphatic carbocycles. The van der Waals surface area contributed by atoms with Crippen molar-refractivity contribution in [3.8, 4) is 6.01 Å². The van der Waals surface area contributed by atoms with Crippen molar-refractivity contribution in [1.82, 2.24) is 14.9 Å². The Balaban J connectivity index is 1.49. The van der Waals surface area contributed by atoms with Gasteiger partial charge in [-0.1, -0.05) is 78.9 Å². The molecule has 0 spiro atoms. The van der Waals surface area contributed by atoms with E-state index < -0.39 is 11.6 Å². The van der Waals surface area contributed by atoms with Gasteiger partial charge in [0, 0.05) is 29.2 Å². The first-order valence-corrected chi connectivity index (χ1v) is 12.8. The lowest BCUT2D eigenvalue weighted by Gasteiger charge is -2.55. The van der Waals surface area contributed by atoms with Gasteiger partial charge in [0.25, 0.3) is 5.91 Å². The number of anilines is 1. The van der Waals surface area contributed by atoms with E-state index in [0.717, 1.165) is 33.8 Å². The quantitative estimate of drug-likeness (QED) is 0.368. The molecule has 2 amide bonds. The van der Waals surface area contributed by atoms with Crippen LogP contribution in [0, 0.1) is 13.8 Å². The Bertz CT molecular complexity index is 1490. The van der Waals surface area contributed by atoms with Crippen LogP contribution in [0.1, 0.15) is 28.1 Å². The molecule has 1 fully saturated rings. The molecule has 1 saturated heterocycles. The molecule has 2 aliphatic heterocycles. The molecule has 0 N–H and O–H groups in total. The molecule has 2 atom stereocenters. The molecule has 2 aliphatic rings. The molecule has 0 unspecified atom stereocenters. The van der Waals surface area contributed by atoms with Crippen molar-refractivity contribution in [3.05, 3.63) is 119 Å². The highest BCUT2D eigenvalue weighted by atomic mass is 16.5. The minimum Gasteiger partial charge on any atom is -0.447 e. The number of aryl methyl sites for hydroxylation is 2. The number of fused-ring (bicyclic) bond motifs is 3. The third-order valence-corrected chi connectivity index (χ3v) is 7.36. The van der Waals surface area contributed by atoms with E-state index in [4.69, 9.17) is 4.74 Å². The molecule has 0 bridgehead atoms. The van der Waals surface area contributed by atoms with Gasteiger partial charge in [0.05, 0.1) is 0 Å². The molecule has 3 aromatic carbocycles. The lowest BCUT2D eigenvalue weighted by molar-refractivity contribution is -0.178. The highest BCUT2D eigenvalue weighted by Gasteiger charge is 2.66. The monoisotopic (exact) mass is 504 g/mol. The summed E-state index contributed by atoms with van der Waals surface area (Å²) in [4.78, 5) is 39.8. The average Bonchev–Trinajstić information content (AvgIpc) is 3.02. The number of amides is 2. The predicted molar refractivity (Wildman–Crippen MR) is 144 cm³/mol. The van der Waals surface area contributed by atoms with Crippen LogP contribution in [0.4, 0.5) is 5.69 Å². The Morgan fingerprint density at radius 3 is 2.21 bits per heavy atom. The molecule has 0 radical (unpaired) electrons. The minimum absolute atomic E-state index is 0.0508. The molecule has 38 heavy (non-hydrogen) atoms. The predicted octanol–water partition coefficient (Wildman–Crippen LogP) is 4.22. The molecular formula is C31H28N4O3. The number of aromatic nitrogens is 2. The standard InChI is InChI=1S/C31H28N4O3/c1-21-19-22(2)33-30(32-21)38-28-29(37)35-20-27(36)34(18-17-23-11-5-3-6-12-23)26-16-10-9-15-25(26)31(28,35)24-13-7-4-8-14-24/h3-16,19,28H,17-18,20H2,1-2H3/t28-,31+/m1/s1. The fourth-order valence-electron chi connectivity index (χ4n) is 5.72. The molecule has 190 valence electrons. The lowest BCUT2D eigenvalue weighted by atomic mass is 9.69. The number of β-lactam (4-membered cyclic amide) rings is 1. The van der Waals surface area contributed by atoms with Gasteiger partial charge in [-0.2, -0.15) is 0 Å². The SMILES string of the molecule is Cc1cc(C)nc(O[C@@H]2C(=O)N3CC(=O)N(CCc4ccccc4)c4ccccc4[C@@]23c2ccccc2)n1. The maximum atomic E-state index is 13.7. The van der Waals surface area contributed by atoms with Gasteiger partial charge < -0.3 is 14.5 Å². The van der Waals surface area contributed by atoms with Crippen LogP contribution in [0.5, 0.6) is 6.01 Å². The second-order valence-corrected chi connectivity index (χ2v) is 9.79. The zero-order valence-corrected chi connectivity index (χ0v) is 21.4. The van der Waals surface area contributed by atoms with Gasteiger partial charge in [-0.25, -0.2) is 9.97 Å². The van der Waals surface area contributed by atoms with Crippen LogP contribution in [0.3, 0.4) is 0 Å². The first kappa shape index (κ1) is 23.9. The molecule has 6 rings (SSSR count). The Morgan fingerprint density at radius 1 is 0.868 bits per heavy atom. The average molecular weight is 505 g/mol. The number of benzene rings is 3. The summed E-state index contributed by atoms with van der Waals surface area (Å²) in [5.41, 5.74) is 4.15. The van der Waals surface area contributed by atoms with E-state index in [2.05, 4.69) is 22.1 Å². The van der Waals surface area contributed by atoms with Crippen molar-refractivity contribution in [2.75, 3.05) is 18.0 Å². The second kappa shape index (κ2) is 9.41. The zero-order valence-electron chi connectivity index (χ0n) is 21.4. The van der Waals surface area contributed by atoms with Gasteiger partial charge in [-0.15, -0.1) is 0 Å².